The molecule has 2 aliphatic heterocycles. The molecule has 10 heteroatoms. The number of benzene rings is 1. The molecule has 5 rings (SSSR count). The Morgan fingerprint density at radius 3 is 2.43 bits per heavy atom. The van der Waals surface area contributed by atoms with Crippen LogP contribution in [0.1, 0.15) is 31.0 Å². The van der Waals surface area contributed by atoms with Crippen molar-refractivity contribution in [1.82, 2.24) is 24.4 Å². The van der Waals surface area contributed by atoms with E-state index in [1.807, 2.05) is 19.1 Å². The molecule has 0 aliphatic carbocycles. The fraction of sp³-hybridized carbons (Fsp3) is 0.520. The molecule has 1 amide bonds. The Hall–Kier alpha value is -2.82. The van der Waals surface area contributed by atoms with Crippen molar-refractivity contribution in [1.29, 1.82) is 0 Å². The van der Waals surface area contributed by atoms with Gasteiger partial charge in [0.2, 0.25) is 16.0 Å². The van der Waals surface area contributed by atoms with Crippen molar-refractivity contribution in [2.24, 2.45) is 5.92 Å². The Labute approximate surface area is 209 Å². The van der Waals surface area contributed by atoms with Crippen LogP contribution in [0, 0.1) is 12.8 Å². The van der Waals surface area contributed by atoms with Crippen LogP contribution in [-0.2, 0) is 11.3 Å². The highest BCUT2D eigenvalue weighted by molar-refractivity contribution is 7.20. The van der Waals surface area contributed by atoms with Crippen molar-refractivity contribution in [3.63, 3.8) is 0 Å². The standard InChI is InChI=1S/C25H33N7O2S/c1-3-29-12-14-30(15-13-29)17-19-4-6-21(7-5-19)27-23(34)20-8-10-31(11-9-20)25-28-32-22(33)16-18(2)26-24(32)35-25/h4-7,16,20H,3,8-15,17H2,1-2H3,(H,27,34). The number of aryl methyl sites for hydroxylation is 1. The summed E-state index contributed by atoms with van der Waals surface area (Å²) in [5.41, 5.74) is 2.67. The van der Waals surface area contributed by atoms with Crippen molar-refractivity contribution in [2.45, 2.75) is 33.2 Å². The van der Waals surface area contributed by atoms with Gasteiger partial charge in [0, 0.05) is 69.2 Å². The fourth-order valence-corrected chi connectivity index (χ4v) is 5.84. The number of nitrogens with one attached hydrogen (secondary N) is 1. The molecule has 35 heavy (non-hydrogen) atoms. The van der Waals surface area contributed by atoms with Crippen LogP contribution in [0.4, 0.5) is 10.8 Å². The lowest BCUT2D eigenvalue weighted by molar-refractivity contribution is -0.120. The molecule has 0 radical (unpaired) electrons. The maximum Gasteiger partial charge on any atom is 0.275 e. The van der Waals surface area contributed by atoms with E-state index in [0.29, 0.717) is 10.7 Å². The van der Waals surface area contributed by atoms with E-state index in [0.717, 1.165) is 76.0 Å². The van der Waals surface area contributed by atoms with E-state index in [1.165, 1.54) is 27.5 Å². The molecule has 1 N–H and O–H groups in total. The zero-order valence-corrected chi connectivity index (χ0v) is 21.3. The third-order valence-electron chi connectivity index (χ3n) is 7.04. The second kappa shape index (κ2) is 10.4. The Morgan fingerprint density at radius 2 is 1.74 bits per heavy atom. The number of amides is 1. The summed E-state index contributed by atoms with van der Waals surface area (Å²) in [5.74, 6) is 0.0455. The molecule has 0 atom stereocenters. The van der Waals surface area contributed by atoms with Gasteiger partial charge in [0.05, 0.1) is 0 Å². The Kier molecular flexibility index (Phi) is 7.12. The average molecular weight is 496 g/mol. The van der Waals surface area contributed by atoms with E-state index in [2.05, 4.69) is 49.2 Å². The smallest absolute Gasteiger partial charge is 0.275 e. The van der Waals surface area contributed by atoms with Gasteiger partial charge < -0.3 is 15.1 Å². The minimum atomic E-state index is -0.158. The molecule has 0 unspecified atom stereocenters. The molecule has 0 bridgehead atoms. The van der Waals surface area contributed by atoms with E-state index >= 15 is 0 Å². The van der Waals surface area contributed by atoms with Gasteiger partial charge in [-0.25, -0.2) is 4.98 Å². The van der Waals surface area contributed by atoms with Crippen LogP contribution in [0.2, 0.25) is 0 Å². The second-order valence-corrected chi connectivity index (χ2v) is 10.4. The number of piperazine rings is 1. The summed E-state index contributed by atoms with van der Waals surface area (Å²) < 4.78 is 1.36. The van der Waals surface area contributed by atoms with Crippen molar-refractivity contribution in [3.05, 3.63) is 51.9 Å². The third kappa shape index (κ3) is 5.55. The van der Waals surface area contributed by atoms with Gasteiger partial charge in [0.25, 0.3) is 5.56 Å². The number of hydrogen-bond donors (Lipinski definition) is 1. The summed E-state index contributed by atoms with van der Waals surface area (Å²) >= 11 is 1.42. The largest absolute Gasteiger partial charge is 0.347 e. The minimum Gasteiger partial charge on any atom is -0.347 e. The summed E-state index contributed by atoms with van der Waals surface area (Å²) in [6.45, 7) is 12.1. The van der Waals surface area contributed by atoms with Crippen LogP contribution in [0.15, 0.2) is 35.1 Å². The lowest BCUT2D eigenvalue weighted by Gasteiger charge is -2.34. The molecule has 2 aliphatic rings. The average Bonchev–Trinajstić information content (AvgIpc) is 3.30. The quantitative estimate of drug-likeness (QED) is 0.562. The topological polar surface area (TPSA) is 86.1 Å². The Bertz CT molecular complexity index is 1220. The summed E-state index contributed by atoms with van der Waals surface area (Å²) in [6, 6.07) is 9.76. The van der Waals surface area contributed by atoms with Gasteiger partial charge in [-0.1, -0.05) is 30.4 Å². The highest BCUT2D eigenvalue weighted by Gasteiger charge is 2.27. The highest BCUT2D eigenvalue weighted by Crippen LogP contribution is 2.27. The first-order valence-corrected chi connectivity index (χ1v) is 13.3. The molecule has 4 heterocycles. The molecular weight excluding hydrogens is 462 g/mol. The number of aromatic nitrogens is 3. The third-order valence-corrected chi connectivity index (χ3v) is 8.01. The van der Waals surface area contributed by atoms with Crippen molar-refractivity contribution >= 4 is 33.0 Å². The SMILES string of the molecule is CCN1CCN(Cc2ccc(NC(=O)C3CCN(c4nn5c(=O)cc(C)nc5s4)CC3)cc2)CC1. The van der Waals surface area contributed by atoms with Gasteiger partial charge in [-0.05, 0) is 44.0 Å². The first-order valence-electron chi connectivity index (χ1n) is 12.5. The molecular formula is C25H33N7O2S. The van der Waals surface area contributed by atoms with Crippen molar-refractivity contribution in [2.75, 3.05) is 56.0 Å². The number of carbonyl (C=O) groups excluding carboxylic acids is 1. The summed E-state index contributed by atoms with van der Waals surface area (Å²) in [7, 11) is 0. The number of anilines is 2. The monoisotopic (exact) mass is 495 g/mol. The molecule has 3 aromatic rings. The molecule has 186 valence electrons. The predicted molar refractivity (Wildman–Crippen MR) is 139 cm³/mol. The van der Waals surface area contributed by atoms with Crippen molar-refractivity contribution in [3.8, 4) is 0 Å². The number of likely N-dealkylation sites (N-methyl/N-ethyl adjacent to an activating group) is 1. The first kappa shape index (κ1) is 23.9. The predicted octanol–water partition coefficient (Wildman–Crippen LogP) is 2.45. The van der Waals surface area contributed by atoms with Gasteiger partial charge in [0.15, 0.2) is 0 Å². The van der Waals surface area contributed by atoms with Gasteiger partial charge in [-0.15, -0.1) is 5.10 Å². The summed E-state index contributed by atoms with van der Waals surface area (Å²) in [6.07, 6.45) is 1.51. The number of hydrogen-bond acceptors (Lipinski definition) is 8. The molecule has 2 aromatic heterocycles. The number of piperidine rings is 1. The number of fused-ring (bicyclic) bond motifs is 1. The van der Waals surface area contributed by atoms with E-state index in [-0.39, 0.29) is 17.4 Å². The molecule has 9 nitrogen and oxygen atoms in total. The Morgan fingerprint density at radius 1 is 1.06 bits per heavy atom. The van der Waals surface area contributed by atoms with Crippen LogP contribution in [0.5, 0.6) is 0 Å². The normalized spacial score (nSPS) is 18.3. The fourth-order valence-electron chi connectivity index (χ4n) is 4.83. The lowest BCUT2D eigenvalue weighted by atomic mass is 9.96. The van der Waals surface area contributed by atoms with E-state index < -0.39 is 0 Å². The number of rotatable bonds is 6. The minimum absolute atomic E-state index is 0.0294. The maximum atomic E-state index is 12.9. The molecule has 0 spiro atoms. The maximum absolute atomic E-state index is 12.9. The van der Waals surface area contributed by atoms with Crippen molar-refractivity contribution < 1.29 is 4.79 Å². The zero-order valence-electron chi connectivity index (χ0n) is 20.4. The van der Waals surface area contributed by atoms with Crippen LogP contribution in [0.25, 0.3) is 4.96 Å². The lowest BCUT2D eigenvalue weighted by Crippen LogP contribution is -2.45. The first-order chi connectivity index (χ1) is 17.0. The molecule has 2 saturated heterocycles. The Balaban J connectivity index is 1.12. The van der Waals surface area contributed by atoms with E-state index in [9.17, 15) is 9.59 Å². The summed E-state index contributed by atoms with van der Waals surface area (Å²) in [5, 5.41) is 8.34. The van der Waals surface area contributed by atoms with Crippen LogP contribution in [0.3, 0.4) is 0 Å². The molecule has 1 aromatic carbocycles. The van der Waals surface area contributed by atoms with Crippen LogP contribution in [-0.4, -0.2) is 76.1 Å². The summed E-state index contributed by atoms with van der Waals surface area (Å²) in [4.78, 5) is 37.2. The molecule has 0 saturated carbocycles. The van der Waals surface area contributed by atoms with Gasteiger partial charge in [-0.2, -0.15) is 4.52 Å². The van der Waals surface area contributed by atoms with Gasteiger partial charge in [-0.3, -0.25) is 14.5 Å². The van der Waals surface area contributed by atoms with E-state index in [4.69, 9.17) is 0 Å². The van der Waals surface area contributed by atoms with Crippen LogP contribution >= 0.6 is 11.3 Å². The van der Waals surface area contributed by atoms with E-state index in [1.54, 1.807) is 0 Å². The van der Waals surface area contributed by atoms with Gasteiger partial charge >= 0.3 is 0 Å². The second-order valence-electron chi connectivity index (χ2n) is 9.47. The van der Waals surface area contributed by atoms with Gasteiger partial charge in [0.1, 0.15) is 0 Å². The highest BCUT2D eigenvalue weighted by atomic mass is 32.1. The zero-order chi connectivity index (χ0) is 24.4. The van der Waals surface area contributed by atoms with Crippen LogP contribution < -0.4 is 15.8 Å². The molecule has 2 fully saturated rings. The number of carbonyl (C=O) groups is 1. The number of nitrogens with zero attached hydrogens (tertiary/aromatic N) is 6.